The van der Waals surface area contributed by atoms with E-state index in [2.05, 4.69) is 9.62 Å². The number of hydrogen-bond acceptors (Lipinski definition) is 4. The van der Waals surface area contributed by atoms with Crippen LogP contribution in [0.5, 0.6) is 0 Å². The van der Waals surface area contributed by atoms with Crippen LogP contribution in [0.25, 0.3) is 0 Å². The number of nitrogens with zero attached hydrogens (tertiary/aromatic N) is 1. The van der Waals surface area contributed by atoms with Crippen molar-refractivity contribution in [2.75, 3.05) is 22.7 Å². The summed E-state index contributed by atoms with van der Waals surface area (Å²) in [5, 5.41) is 10.1. The Hall–Kier alpha value is -1.96. The number of carbonyl (C=O) groups is 1. The van der Waals surface area contributed by atoms with Gasteiger partial charge in [-0.3, -0.25) is 4.72 Å². The second-order valence-corrected chi connectivity index (χ2v) is 9.47. The zero-order valence-electron chi connectivity index (χ0n) is 15.7. The molecular weight excluding hydrogens is 435 g/mol. The molecule has 1 saturated heterocycles. The van der Waals surface area contributed by atoms with Crippen LogP contribution in [0.3, 0.4) is 0 Å². The highest BCUT2D eigenvalue weighted by molar-refractivity contribution is 7.92. The van der Waals surface area contributed by atoms with Gasteiger partial charge in [0, 0.05) is 18.8 Å². The van der Waals surface area contributed by atoms with E-state index in [0.29, 0.717) is 5.69 Å². The first kappa shape index (κ1) is 21.7. The van der Waals surface area contributed by atoms with Crippen molar-refractivity contribution in [2.24, 2.45) is 0 Å². The maximum atomic E-state index is 12.6. The summed E-state index contributed by atoms with van der Waals surface area (Å²) >= 11 is 11.8. The molecule has 0 unspecified atom stereocenters. The van der Waals surface area contributed by atoms with Crippen LogP contribution in [-0.2, 0) is 10.0 Å². The highest BCUT2D eigenvalue weighted by Crippen LogP contribution is 2.29. The topological polar surface area (TPSA) is 86.7 Å². The lowest BCUT2D eigenvalue weighted by molar-refractivity contribution is 0.0697. The minimum Gasteiger partial charge on any atom is -0.478 e. The summed E-state index contributed by atoms with van der Waals surface area (Å²) < 4.78 is 27.7. The lowest BCUT2D eigenvalue weighted by Gasteiger charge is -2.28. The zero-order chi connectivity index (χ0) is 21.0. The molecule has 6 nitrogen and oxygen atoms in total. The van der Waals surface area contributed by atoms with Gasteiger partial charge in [-0.15, -0.1) is 0 Å². The van der Waals surface area contributed by atoms with E-state index in [1.807, 2.05) is 0 Å². The van der Waals surface area contributed by atoms with Gasteiger partial charge in [0.15, 0.2) is 0 Å². The maximum Gasteiger partial charge on any atom is 0.337 e. The second-order valence-electron chi connectivity index (χ2n) is 6.97. The summed E-state index contributed by atoms with van der Waals surface area (Å²) in [5.41, 5.74) is 0.848. The lowest BCUT2D eigenvalue weighted by atomic mass is 10.1. The first-order valence-corrected chi connectivity index (χ1v) is 11.6. The summed E-state index contributed by atoms with van der Waals surface area (Å²) in [6.45, 7) is 1.57. The van der Waals surface area contributed by atoms with Crippen molar-refractivity contribution in [1.29, 1.82) is 0 Å². The molecule has 1 aliphatic rings. The molecule has 9 heteroatoms. The van der Waals surface area contributed by atoms with Gasteiger partial charge in [-0.25, -0.2) is 13.2 Å². The number of benzene rings is 2. The van der Waals surface area contributed by atoms with Crippen molar-refractivity contribution in [2.45, 2.75) is 37.0 Å². The van der Waals surface area contributed by atoms with Gasteiger partial charge in [-0.2, -0.15) is 0 Å². The van der Waals surface area contributed by atoms with Crippen LogP contribution in [0.15, 0.2) is 41.3 Å². The molecule has 1 aliphatic heterocycles. The molecule has 0 spiro atoms. The predicted molar refractivity (Wildman–Crippen MR) is 116 cm³/mol. The molecule has 2 aromatic rings. The van der Waals surface area contributed by atoms with Gasteiger partial charge in [-0.05, 0) is 49.2 Å². The number of carboxylic acids is 1. The molecule has 0 saturated carbocycles. The summed E-state index contributed by atoms with van der Waals surface area (Å²) in [5.74, 6) is -1.10. The Kier molecular flexibility index (Phi) is 6.93. The Morgan fingerprint density at radius 2 is 1.59 bits per heavy atom. The van der Waals surface area contributed by atoms with Crippen molar-refractivity contribution >= 4 is 50.6 Å². The monoisotopic (exact) mass is 456 g/mol. The lowest BCUT2D eigenvalue weighted by Crippen LogP contribution is -2.28. The van der Waals surface area contributed by atoms with E-state index in [4.69, 9.17) is 23.2 Å². The number of aromatic carboxylic acids is 1. The molecule has 0 atom stereocenters. The molecule has 2 N–H and O–H groups in total. The Balaban J connectivity index is 1.89. The third-order valence-electron chi connectivity index (χ3n) is 4.88. The predicted octanol–water partition coefficient (Wildman–Crippen LogP) is 5.26. The van der Waals surface area contributed by atoms with Crippen LogP contribution in [0, 0.1) is 0 Å². The molecule has 29 heavy (non-hydrogen) atoms. The van der Waals surface area contributed by atoms with Crippen molar-refractivity contribution in [3.63, 3.8) is 0 Å². The van der Waals surface area contributed by atoms with Gasteiger partial charge in [0.25, 0.3) is 10.0 Å². The summed E-state index contributed by atoms with van der Waals surface area (Å²) in [7, 11) is -3.94. The second kappa shape index (κ2) is 9.24. The fourth-order valence-corrected chi connectivity index (χ4v) is 4.83. The normalized spacial score (nSPS) is 15.4. The van der Waals surface area contributed by atoms with Crippen molar-refractivity contribution in [3.05, 3.63) is 52.0 Å². The molecular formula is C20H22Cl2N2O4S. The SMILES string of the molecule is O=C(O)c1cc(NS(=O)(=O)c2ccc(Cl)c(Cl)c2)ccc1N1CCCCCCC1. The molecule has 2 aromatic carbocycles. The number of sulfonamides is 1. The van der Waals surface area contributed by atoms with Gasteiger partial charge in [-0.1, -0.05) is 42.5 Å². The van der Waals surface area contributed by atoms with Crippen LogP contribution in [-0.4, -0.2) is 32.6 Å². The fraction of sp³-hybridized carbons (Fsp3) is 0.350. The van der Waals surface area contributed by atoms with Gasteiger partial charge in [0.05, 0.1) is 26.2 Å². The third kappa shape index (κ3) is 5.35. The average Bonchev–Trinajstić information content (AvgIpc) is 2.63. The Bertz CT molecular complexity index is 1000. The Labute approximate surface area is 180 Å². The fourth-order valence-electron chi connectivity index (χ4n) is 3.39. The molecule has 0 bridgehead atoms. The minimum absolute atomic E-state index is 0.0587. The van der Waals surface area contributed by atoms with Gasteiger partial charge < -0.3 is 10.0 Å². The number of anilines is 2. The number of rotatable bonds is 5. The molecule has 0 amide bonds. The van der Waals surface area contributed by atoms with Crippen LogP contribution in [0.2, 0.25) is 10.0 Å². The van der Waals surface area contributed by atoms with Gasteiger partial charge in [0.2, 0.25) is 0 Å². The van der Waals surface area contributed by atoms with E-state index < -0.39 is 16.0 Å². The van der Waals surface area contributed by atoms with Gasteiger partial charge in [0.1, 0.15) is 0 Å². The molecule has 3 rings (SSSR count). The molecule has 1 fully saturated rings. The number of hydrogen-bond donors (Lipinski definition) is 2. The largest absolute Gasteiger partial charge is 0.478 e. The quantitative estimate of drug-likeness (QED) is 0.640. The van der Waals surface area contributed by atoms with Crippen molar-refractivity contribution < 1.29 is 18.3 Å². The highest BCUT2D eigenvalue weighted by atomic mass is 35.5. The minimum atomic E-state index is -3.94. The third-order valence-corrected chi connectivity index (χ3v) is 7.00. The average molecular weight is 457 g/mol. The van der Waals surface area contributed by atoms with E-state index in [9.17, 15) is 18.3 Å². The first-order valence-electron chi connectivity index (χ1n) is 9.38. The summed E-state index contributed by atoms with van der Waals surface area (Å²) in [4.78, 5) is 13.9. The smallest absolute Gasteiger partial charge is 0.337 e. The van der Waals surface area contributed by atoms with Crippen LogP contribution in [0.1, 0.15) is 42.5 Å². The standard InChI is InChI=1S/C20H22Cl2N2O4S/c21-17-8-7-15(13-18(17)22)29(27,28)23-14-6-9-19(16(12-14)20(25)26)24-10-4-2-1-3-5-11-24/h6-9,12-13,23H,1-5,10-11H2,(H,25,26). The van der Waals surface area contributed by atoms with E-state index in [1.54, 1.807) is 12.1 Å². The number of nitrogens with one attached hydrogen (secondary N) is 1. The van der Waals surface area contributed by atoms with E-state index in [-0.39, 0.29) is 26.2 Å². The molecule has 1 heterocycles. The first-order chi connectivity index (χ1) is 13.8. The van der Waals surface area contributed by atoms with E-state index >= 15 is 0 Å². The van der Waals surface area contributed by atoms with Crippen molar-refractivity contribution in [1.82, 2.24) is 0 Å². The molecule has 0 aliphatic carbocycles. The zero-order valence-corrected chi connectivity index (χ0v) is 18.0. The van der Waals surface area contributed by atoms with Crippen molar-refractivity contribution in [3.8, 4) is 0 Å². The van der Waals surface area contributed by atoms with Crippen LogP contribution in [0.4, 0.5) is 11.4 Å². The summed E-state index contributed by atoms with van der Waals surface area (Å²) in [6, 6.07) is 8.58. The molecule has 0 aromatic heterocycles. The van der Waals surface area contributed by atoms with Crippen LogP contribution >= 0.6 is 23.2 Å². The van der Waals surface area contributed by atoms with Gasteiger partial charge >= 0.3 is 5.97 Å². The molecule has 0 radical (unpaired) electrons. The maximum absolute atomic E-state index is 12.6. The summed E-state index contributed by atoms with van der Waals surface area (Å²) in [6.07, 6.45) is 5.46. The van der Waals surface area contributed by atoms with E-state index in [0.717, 1.165) is 38.8 Å². The number of halogens is 2. The van der Waals surface area contributed by atoms with Crippen LogP contribution < -0.4 is 9.62 Å². The Morgan fingerprint density at radius 1 is 0.931 bits per heavy atom. The van der Waals surface area contributed by atoms with E-state index in [1.165, 1.54) is 30.7 Å². The molecule has 156 valence electrons. The highest BCUT2D eigenvalue weighted by Gasteiger charge is 2.20. The number of carboxylic acid groups (broad SMARTS) is 1. The Morgan fingerprint density at radius 3 is 2.21 bits per heavy atom.